The summed E-state index contributed by atoms with van der Waals surface area (Å²) in [6.45, 7) is 5.98. The minimum absolute atomic E-state index is 0.0147. The molecule has 0 spiro atoms. The Bertz CT molecular complexity index is 688. The van der Waals surface area contributed by atoms with Crippen LogP contribution < -0.4 is 11.4 Å². The van der Waals surface area contributed by atoms with E-state index in [1.807, 2.05) is 50.5 Å². The Morgan fingerprint density at radius 1 is 1.35 bits per heavy atom. The molecule has 0 amide bonds. The van der Waals surface area contributed by atoms with Gasteiger partial charge in [0.25, 0.3) is 5.56 Å². The van der Waals surface area contributed by atoms with Gasteiger partial charge in [0.05, 0.1) is 0 Å². The van der Waals surface area contributed by atoms with Crippen molar-refractivity contribution in [1.29, 1.82) is 0 Å². The lowest BCUT2D eigenvalue weighted by molar-refractivity contribution is 0.249. The third-order valence-corrected chi connectivity index (χ3v) is 3.90. The van der Waals surface area contributed by atoms with Crippen molar-refractivity contribution in [3.8, 4) is 0 Å². The van der Waals surface area contributed by atoms with E-state index in [1.54, 1.807) is 16.6 Å². The van der Waals surface area contributed by atoms with Crippen molar-refractivity contribution >= 4 is 10.8 Å². The molecule has 2 unspecified atom stereocenters. The first-order chi connectivity index (χ1) is 9.47. The van der Waals surface area contributed by atoms with E-state index in [-0.39, 0.29) is 17.5 Å². The summed E-state index contributed by atoms with van der Waals surface area (Å²) >= 11 is 0. The van der Waals surface area contributed by atoms with E-state index in [4.69, 9.17) is 5.84 Å². The second-order valence-electron chi connectivity index (χ2n) is 5.21. The molecule has 2 atom stereocenters. The quantitative estimate of drug-likeness (QED) is 0.526. The fourth-order valence-corrected chi connectivity index (χ4v) is 2.55. The van der Waals surface area contributed by atoms with Gasteiger partial charge in [-0.2, -0.15) is 0 Å². The van der Waals surface area contributed by atoms with E-state index in [1.165, 1.54) is 0 Å². The summed E-state index contributed by atoms with van der Waals surface area (Å²) in [5.41, 5.74) is 1.09. The topological polar surface area (TPSA) is 51.3 Å². The molecule has 2 N–H and O–H groups in total. The summed E-state index contributed by atoms with van der Waals surface area (Å²) in [6, 6.07) is 7.76. The molecule has 4 heteroatoms. The van der Waals surface area contributed by atoms with Crippen molar-refractivity contribution in [2.45, 2.75) is 18.9 Å². The zero-order valence-electron chi connectivity index (χ0n) is 12.2. The predicted octanol–water partition coefficient (Wildman–Crippen LogP) is 2.00. The number of fused-ring (bicyclic) bond motifs is 1. The molecule has 0 aliphatic heterocycles. The van der Waals surface area contributed by atoms with Crippen LogP contribution in [0.15, 0.2) is 47.9 Å². The van der Waals surface area contributed by atoms with E-state index in [0.29, 0.717) is 0 Å². The van der Waals surface area contributed by atoms with Crippen LogP contribution in [0.4, 0.5) is 0 Å². The molecule has 1 aromatic carbocycles. The first-order valence-corrected chi connectivity index (χ1v) is 6.65. The molecular weight excluding hydrogens is 250 g/mol. The Balaban J connectivity index is 2.73. The summed E-state index contributed by atoms with van der Waals surface area (Å²) in [5, 5.41) is 3.37. The lowest BCUT2D eigenvalue weighted by atomic mass is 9.90. The molecule has 0 aliphatic rings. The molecule has 0 aliphatic carbocycles. The van der Waals surface area contributed by atoms with Crippen molar-refractivity contribution in [3.63, 3.8) is 0 Å². The van der Waals surface area contributed by atoms with Gasteiger partial charge in [0.1, 0.15) is 0 Å². The van der Waals surface area contributed by atoms with Crippen molar-refractivity contribution in [3.05, 3.63) is 59.0 Å². The molecule has 0 saturated carbocycles. The number of aromatic nitrogens is 1. The zero-order valence-corrected chi connectivity index (χ0v) is 12.2. The smallest absolute Gasteiger partial charge is 0.258 e. The molecule has 0 radical (unpaired) electrons. The van der Waals surface area contributed by atoms with Crippen molar-refractivity contribution in [2.75, 3.05) is 7.05 Å². The normalized spacial score (nSPS) is 14.4. The number of hydrazine groups is 1. The molecule has 0 saturated heterocycles. The Hall–Kier alpha value is -1.91. The highest BCUT2D eigenvalue weighted by Gasteiger charge is 2.21. The third kappa shape index (κ3) is 2.40. The molecule has 2 aromatic rings. The van der Waals surface area contributed by atoms with Crippen LogP contribution in [0.1, 0.15) is 18.4 Å². The summed E-state index contributed by atoms with van der Waals surface area (Å²) in [6.07, 6.45) is 3.78. The number of benzene rings is 1. The molecule has 2 rings (SSSR count). The predicted molar refractivity (Wildman–Crippen MR) is 83.5 cm³/mol. The van der Waals surface area contributed by atoms with Gasteiger partial charge in [0.15, 0.2) is 0 Å². The highest BCUT2D eigenvalue weighted by Crippen LogP contribution is 2.28. The zero-order chi connectivity index (χ0) is 14.9. The number of nitrogens with two attached hydrogens (primary N) is 1. The monoisotopic (exact) mass is 271 g/mol. The molecule has 1 aromatic heterocycles. The fraction of sp³-hybridized carbons (Fsp3) is 0.312. The van der Waals surface area contributed by atoms with Gasteiger partial charge in [-0.05, 0) is 23.9 Å². The maximum absolute atomic E-state index is 12.2. The van der Waals surface area contributed by atoms with Crippen LogP contribution in [0, 0.1) is 0 Å². The van der Waals surface area contributed by atoms with E-state index < -0.39 is 0 Å². The van der Waals surface area contributed by atoms with Crippen LogP contribution >= 0.6 is 0 Å². The SMILES string of the molecule is C=CC(c1cn(C)c(=O)c2ccccc12)C(C)N(C)N. The Morgan fingerprint density at radius 2 is 1.95 bits per heavy atom. The average molecular weight is 271 g/mol. The maximum Gasteiger partial charge on any atom is 0.258 e. The lowest BCUT2D eigenvalue weighted by Gasteiger charge is -2.28. The molecular formula is C16H21N3O. The van der Waals surface area contributed by atoms with Crippen molar-refractivity contribution in [2.24, 2.45) is 12.9 Å². The molecule has 0 fully saturated rings. The first kappa shape index (κ1) is 14.5. The second kappa shape index (κ2) is 5.61. The lowest BCUT2D eigenvalue weighted by Crippen LogP contribution is -2.39. The summed E-state index contributed by atoms with van der Waals surface area (Å²) in [7, 11) is 3.61. The maximum atomic E-state index is 12.2. The molecule has 4 nitrogen and oxygen atoms in total. The number of hydrogen-bond donors (Lipinski definition) is 1. The fourth-order valence-electron chi connectivity index (χ4n) is 2.55. The standard InChI is InChI=1S/C16H21N3O/c1-5-12(11(2)19(4)17)15-10-18(3)16(20)14-9-7-6-8-13(14)15/h5-12H,1,17H2,2-4H3. The van der Waals surface area contributed by atoms with Crippen LogP contribution in [0.3, 0.4) is 0 Å². The van der Waals surface area contributed by atoms with Gasteiger partial charge in [0, 0.05) is 37.6 Å². The summed E-state index contributed by atoms with van der Waals surface area (Å²) in [4.78, 5) is 12.2. The highest BCUT2D eigenvalue weighted by atomic mass is 16.1. The van der Waals surface area contributed by atoms with Gasteiger partial charge >= 0.3 is 0 Å². The first-order valence-electron chi connectivity index (χ1n) is 6.65. The van der Waals surface area contributed by atoms with E-state index >= 15 is 0 Å². The number of aryl methyl sites for hydroxylation is 1. The van der Waals surface area contributed by atoms with Gasteiger partial charge < -0.3 is 4.57 Å². The van der Waals surface area contributed by atoms with E-state index in [9.17, 15) is 4.79 Å². The van der Waals surface area contributed by atoms with Crippen LogP contribution in [-0.2, 0) is 7.05 Å². The highest BCUT2D eigenvalue weighted by molar-refractivity contribution is 5.85. The molecule has 106 valence electrons. The minimum atomic E-state index is 0.0147. The number of likely N-dealkylation sites (N-methyl/N-ethyl adjacent to an activating group) is 1. The number of nitrogens with zero attached hydrogens (tertiary/aromatic N) is 2. The second-order valence-corrected chi connectivity index (χ2v) is 5.21. The largest absolute Gasteiger partial charge is 0.318 e. The van der Waals surface area contributed by atoms with Crippen LogP contribution in [0.5, 0.6) is 0 Å². The summed E-state index contributed by atoms with van der Waals surface area (Å²) < 4.78 is 1.62. The van der Waals surface area contributed by atoms with Gasteiger partial charge in [0.2, 0.25) is 0 Å². The van der Waals surface area contributed by atoms with Crippen LogP contribution in [0.2, 0.25) is 0 Å². The minimum Gasteiger partial charge on any atom is -0.318 e. The van der Waals surface area contributed by atoms with Gasteiger partial charge in [-0.15, -0.1) is 6.58 Å². The molecule has 1 heterocycles. The Kier molecular flexibility index (Phi) is 4.06. The summed E-state index contributed by atoms with van der Waals surface area (Å²) in [5.74, 6) is 5.94. The van der Waals surface area contributed by atoms with Crippen LogP contribution in [0.25, 0.3) is 10.8 Å². The van der Waals surface area contributed by atoms with E-state index in [2.05, 4.69) is 6.58 Å². The number of hydrogen-bond acceptors (Lipinski definition) is 3. The third-order valence-electron chi connectivity index (χ3n) is 3.90. The molecule has 0 bridgehead atoms. The van der Waals surface area contributed by atoms with Gasteiger partial charge in [-0.1, -0.05) is 24.3 Å². The number of rotatable bonds is 4. The van der Waals surface area contributed by atoms with Gasteiger partial charge in [-0.3, -0.25) is 10.6 Å². The van der Waals surface area contributed by atoms with Crippen molar-refractivity contribution < 1.29 is 0 Å². The molecule has 20 heavy (non-hydrogen) atoms. The Morgan fingerprint density at radius 3 is 2.50 bits per heavy atom. The van der Waals surface area contributed by atoms with E-state index in [0.717, 1.165) is 16.3 Å². The average Bonchev–Trinajstić information content (AvgIpc) is 2.44. The Labute approximate surface area is 119 Å². The van der Waals surface area contributed by atoms with Crippen molar-refractivity contribution in [1.82, 2.24) is 9.58 Å². The van der Waals surface area contributed by atoms with Crippen LogP contribution in [-0.4, -0.2) is 22.7 Å². The number of pyridine rings is 1. The van der Waals surface area contributed by atoms with Gasteiger partial charge in [-0.25, -0.2) is 5.01 Å².